The van der Waals surface area contributed by atoms with E-state index >= 15 is 0 Å². The van der Waals surface area contributed by atoms with Gasteiger partial charge in [-0.2, -0.15) is 0 Å². The third-order valence-corrected chi connectivity index (χ3v) is 3.22. The molecule has 1 unspecified atom stereocenters. The maximum absolute atomic E-state index is 5.99. The molecule has 1 saturated heterocycles. The molecule has 1 heterocycles. The van der Waals surface area contributed by atoms with Crippen LogP contribution >= 0.6 is 0 Å². The van der Waals surface area contributed by atoms with Crippen LogP contribution in [-0.2, 0) is 0 Å². The monoisotopic (exact) mass is 198 g/mol. The predicted molar refractivity (Wildman–Crippen MR) is 62.4 cm³/mol. The van der Waals surface area contributed by atoms with E-state index in [9.17, 15) is 0 Å². The number of nitrogens with zero attached hydrogens (tertiary/aromatic N) is 1. The molecule has 1 aliphatic rings. The van der Waals surface area contributed by atoms with Gasteiger partial charge in [0, 0.05) is 12.6 Å². The molecule has 0 aromatic heterocycles. The van der Waals surface area contributed by atoms with E-state index in [1.165, 1.54) is 51.6 Å². The molecule has 2 heteroatoms. The molecule has 0 aromatic rings. The normalized spacial score (nSPS) is 23.6. The second-order valence-electron chi connectivity index (χ2n) is 4.59. The Morgan fingerprint density at radius 3 is 2.00 bits per heavy atom. The molecule has 0 radical (unpaired) electrons. The fraction of sp³-hybridized carbons (Fsp3) is 1.00. The van der Waals surface area contributed by atoms with Gasteiger partial charge in [-0.3, -0.25) is 0 Å². The van der Waals surface area contributed by atoms with E-state index in [-0.39, 0.29) is 0 Å². The van der Waals surface area contributed by atoms with Gasteiger partial charge in [-0.05, 0) is 32.4 Å². The van der Waals surface area contributed by atoms with E-state index in [1.54, 1.807) is 0 Å². The van der Waals surface area contributed by atoms with E-state index < -0.39 is 0 Å². The van der Waals surface area contributed by atoms with Crippen molar-refractivity contribution in [1.29, 1.82) is 0 Å². The minimum absolute atomic E-state index is 0.385. The summed E-state index contributed by atoms with van der Waals surface area (Å²) in [7, 11) is 0. The Bertz CT molecular complexity index is 126. The van der Waals surface area contributed by atoms with Crippen LogP contribution in [0.5, 0.6) is 0 Å². The molecule has 0 aliphatic carbocycles. The molecule has 2 N–H and O–H groups in total. The average molecular weight is 198 g/mol. The van der Waals surface area contributed by atoms with E-state index in [0.717, 1.165) is 13.0 Å². The van der Waals surface area contributed by atoms with Crippen LogP contribution in [0, 0.1) is 0 Å². The van der Waals surface area contributed by atoms with Crippen molar-refractivity contribution in [1.82, 2.24) is 4.90 Å². The summed E-state index contributed by atoms with van der Waals surface area (Å²) < 4.78 is 0. The molecular weight excluding hydrogens is 172 g/mol. The fourth-order valence-electron chi connectivity index (χ4n) is 2.13. The molecule has 1 atom stereocenters. The van der Waals surface area contributed by atoms with Crippen molar-refractivity contribution in [2.45, 2.75) is 57.9 Å². The molecular formula is C12H26N2. The highest BCUT2D eigenvalue weighted by Gasteiger charge is 2.09. The molecule has 14 heavy (non-hydrogen) atoms. The van der Waals surface area contributed by atoms with Crippen molar-refractivity contribution in [3.05, 3.63) is 0 Å². The molecule has 1 rings (SSSR count). The van der Waals surface area contributed by atoms with Crippen molar-refractivity contribution in [2.24, 2.45) is 5.73 Å². The Kier molecular flexibility index (Phi) is 6.20. The summed E-state index contributed by atoms with van der Waals surface area (Å²) in [6.45, 7) is 5.83. The molecule has 84 valence electrons. The van der Waals surface area contributed by atoms with Gasteiger partial charge in [-0.25, -0.2) is 0 Å². The van der Waals surface area contributed by atoms with Crippen LogP contribution in [0.25, 0.3) is 0 Å². The van der Waals surface area contributed by atoms with Crippen molar-refractivity contribution in [3.63, 3.8) is 0 Å². The minimum atomic E-state index is 0.385. The van der Waals surface area contributed by atoms with Gasteiger partial charge in [-0.1, -0.05) is 32.6 Å². The number of nitrogens with two attached hydrogens (primary N) is 1. The fourth-order valence-corrected chi connectivity index (χ4v) is 2.13. The van der Waals surface area contributed by atoms with Crippen LogP contribution in [0.3, 0.4) is 0 Å². The van der Waals surface area contributed by atoms with Crippen molar-refractivity contribution in [2.75, 3.05) is 19.6 Å². The SMILES string of the molecule is CCC(N)CN1CCCCCCCC1. The van der Waals surface area contributed by atoms with E-state index in [1.807, 2.05) is 0 Å². The Hall–Kier alpha value is -0.0800. The van der Waals surface area contributed by atoms with Crippen molar-refractivity contribution in [3.8, 4) is 0 Å². The predicted octanol–water partition coefficient (Wildman–Crippen LogP) is 2.38. The summed E-state index contributed by atoms with van der Waals surface area (Å²) in [5.41, 5.74) is 5.99. The number of rotatable bonds is 3. The highest BCUT2D eigenvalue weighted by atomic mass is 15.1. The lowest BCUT2D eigenvalue weighted by Crippen LogP contribution is -2.38. The molecule has 0 amide bonds. The first-order valence-electron chi connectivity index (χ1n) is 6.31. The van der Waals surface area contributed by atoms with Gasteiger partial charge in [0.25, 0.3) is 0 Å². The maximum Gasteiger partial charge on any atom is 0.0165 e. The highest BCUT2D eigenvalue weighted by Crippen LogP contribution is 2.11. The van der Waals surface area contributed by atoms with Gasteiger partial charge in [0.15, 0.2) is 0 Å². The lowest BCUT2D eigenvalue weighted by molar-refractivity contribution is 0.250. The summed E-state index contributed by atoms with van der Waals surface area (Å²) >= 11 is 0. The standard InChI is InChI=1S/C12H26N2/c1-2-12(13)11-14-9-7-5-3-4-6-8-10-14/h12H,2-11,13H2,1H3. The van der Waals surface area contributed by atoms with Gasteiger partial charge in [-0.15, -0.1) is 0 Å². The van der Waals surface area contributed by atoms with Crippen LogP contribution in [-0.4, -0.2) is 30.6 Å². The van der Waals surface area contributed by atoms with Crippen LogP contribution in [0.4, 0.5) is 0 Å². The average Bonchev–Trinajstić information content (AvgIpc) is 2.31. The first kappa shape index (κ1) is 12.0. The summed E-state index contributed by atoms with van der Waals surface area (Å²) in [5.74, 6) is 0. The Balaban J connectivity index is 2.25. The maximum atomic E-state index is 5.99. The minimum Gasteiger partial charge on any atom is -0.327 e. The van der Waals surface area contributed by atoms with Crippen LogP contribution in [0.1, 0.15) is 51.9 Å². The third kappa shape index (κ3) is 4.97. The lowest BCUT2D eigenvalue weighted by atomic mass is 10.1. The van der Waals surface area contributed by atoms with Gasteiger partial charge in [0.2, 0.25) is 0 Å². The van der Waals surface area contributed by atoms with E-state index in [4.69, 9.17) is 5.73 Å². The second-order valence-corrected chi connectivity index (χ2v) is 4.59. The number of hydrogen-bond acceptors (Lipinski definition) is 2. The van der Waals surface area contributed by atoms with Crippen molar-refractivity contribution < 1.29 is 0 Å². The van der Waals surface area contributed by atoms with Crippen LogP contribution < -0.4 is 5.73 Å². The molecule has 2 nitrogen and oxygen atoms in total. The van der Waals surface area contributed by atoms with Crippen LogP contribution in [0.2, 0.25) is 0 Å². The molecule has 0 spiro atoms. The quantitative estimate of drug-likeness (QED) is 0.754. The van der Waals surface area contributed by atoms with E-state index in [0.29, 0.717) is 6.04 Å². The molecule has 1 aliphatic heterocycles. The first-order chi connectivity index (χ1) is 6.83. The number of hydrogen-bond donors (Lipinski definition) is 1. The molecule has 0 saturated carbocycles. The second kappa shape index (κ2) is 7.24. The molecule has 0 aromatic carbocycles. The summed E-state index contributed by atoms with van der Waals surface area (Å²) in [6, 6.07) is 0.385. The third-order valence-electron chi connectivity index (χ3n) is 3.22. The van der Waals surface area contributed by atoms with Gasteiger partial charge >= 0.3 is 0 Å². The molecule has 1 fully saturated rings. The summed E-state index contributed by atoms with van der Waals surface area (Å²) in [6.07, 6.45) is 9.56. The van der Waals surface area contributed by atoms with E-state index in [2.05, 4.69) is 11.8 Å². The zero-order chi connectivity index (χ0) is 10.2. The zero-order valence-electron chi connectivity index (χ0n) is 9.67. The zero-order valence-corrected chi connectivity index (χ0v) is 9.67. The molecule has 0 bridgehead atoms. The van der Waals surface area contributed by atoms with Gasteiger partial charge < -0.3 is 10.6 Å². The van der Waals surface area contributed by atoms with Crippen molar-refractivity contribution >= 4 is 0 Å². The summed E-state index contributed by atoms with van der Waals surface area (Å²) in [5, 5.41) is 0. The van der Waals surface area contributed by atoms with Crippen LogP contribution in [0.15, 0.2) is 0 Å². The highest BCUT2D eigenvalue weighted by molar-refractivity contribution is 4.68. The Morgan fingerprint density at radius 2 is 1.50 bits per heavy atom. The van der Waals surface area contributed by atoms with Gasteiger partial charge in [0.1, 0.15) is 0 Å². The topological polar surface area (TPSA) is 29.3 Å². The largest absolute Gasteiger partial charge is 0.327 e. The first-order valence-corrected chi connectivity index (χ1v) is 6.31. The lowest BCUT2D eigenvalue weighted by Gasteiger charge is -2.24. The van der Waals surface area contributed by atoms with Gasteiger partial charge in [0.05, 0.1) is 0 Å². The smallest absolute Gasteiger partial charge is 0.0165 e. The Morgan fingerprint density at radius 1 is 1.00 bits per heavy atom. The summed E-state index contributed by atoms with van der Waals surface area (Å²) in [4.78, 5) is 2.57. The Labute approximate surface area is 88.8 Å².